The Kier molecular flexibility index (Phi) is 7.20. The molecule has 1 amide bonds. The summed E-state index contributed by atoms with van der Waals surface area (Å²) in [5, 5.41) is 0.930. The largest absolute Gasteiger partial charge is 0.497 e. The second-order valence-corrected chi connectivity index (χ2v) is 8.72. The molecule has 6 heteroatoms. The Labute approximate surface area is 205 Å². The fraction of sp³-hybridized carbons (Fsp3) is 0.241. The monoisotopic (exact) mass is 470 g/mol. The van der Waals surface area contributed by atoms with Crippen molar-refractivity contribution in [2.45, 2.75) is 26.8 Å². The van der Waals surface area contributed by atoms with Crippen LogP contribution in [0.5, 0.6) is 11.5 Å². The number of ether oxygens (including phenoxy) is 2. The fourth-order valence-corrected chi connectivity index (χ4v) is 4.20. The van der Waals surface area contributed by atoms with Crippen LogP contribution >= 0.6 is 0 Å². The van der Waals surface area contributed by atoms with Crippen LogP contribution in [0, 0.1) is 13.8 Å². The summed E-state index contributed by atoms with van der Waals surface area (Å²) in [5.74, 6) is 0.870. The van der Waals surface area contributed by atoms with Crippen LogP contribution in [-0.2, 0) is 13.0 Å². The minimum absolute atomic E-state index is 0.184. The fourth-order valence-electron chi connectivity index (χ4n) is 4.20. The molecule has 1 N–H and O–H groups in total. The van der Waals surface area contributed by atoms with Crippen molar-refractivity contribution in [3.63, 3.8) is 0 Å². The van der Waals surface area contributed by atoms with Crippen LogP contribution in [0.2, 0.25) is 0 Å². The number of hydrogen-bond donors (Lipinski definition) is 1. The van der Waals surface area contributed by atoms with E-state index in [0.29, 0.717) is 35.6 Å². The van der Waals surface area contributed by atoms with Crippen LogP contribution in [0.1, 0.15) is 32.6 Å². The molecule has 4 aromatic rings. The van der Waals surface area contributed by atoms with E-state index in [9.17, 15) is 9.59 Å². The molecule has 0 aliphatic carbocycles. The number of hydrogen-bond acceptors (Lipinski definition) is 4. The molecule has 0 fully saturated rings. The normalized spacial score (nSPS) is 10.9. The number of rotatable bonds is 8. The molecule has 0 spiro atoms. The third-order valence-corrected chi connectivity index (χ3v) is 6.24. The molecule has 0 bridgehead atoms. The standard InChI is InChI=1S/C29H30N2O4/c1-19-9-10-22-14-24(28(32)30-27(22)13-19)18-31(12-11-21-8-6-5-7-20(21)2)29(33)23-15-25(34-3)17-26(16-23)35-4/h5-10,13-17H,11-12,18H2,1-4H3,(H,30,32). The maximum atomic E-state index is 13.7. The maximum absolute atomic E-state index is 13.7. The first-order chi connectivity index (χ1) is 16.9. The summed E-state index contributed by atoms with van der Waals surface area (Å²) in [5.41, 5.74) is 4.98. The minimum Gasteiger partial charge on any atom is -0.497 e. The van der Waals surface area contributed by atoms with Gasteiger partial charge in [-0.05, 0) is 66.6 Å². The van der Waals surface area contributed by atoms with E-state index in [1.54, 1.807) is 37.3 Å². The van der Waals surface area contributed by atoms with Crippen molar-refractivity contribution >= 4 is 16.8 Å². The van der Waals surface area contributed by atoms with E-state index >= 15 is 0 Å². The van der Waals surface area contributed by atoms with Gasteiger partial charge in [-0.3, -0.25) is 9.59 Å². The molecular weight excluding hydrogens is 440 g/mol. The van der Waals surface area contributed by atoms with E-state index in [2.05, 4.69) is 24.0 Å². The van der Waals surface area contributed by atoms with Crippen LogP contribution in [0.15, 0.2) is 71.5 Å². The van der Waals surface area contributed by atoms with Gasteiger partial charge in [0.2, 0.25) is 0 Å². The first-order valence-corrected chi connectivity index (χ1v) is 11.6. The number of nitrogens with zero attached hydrogens (tertiary/aromatic N) is 1. The molecule has 0 aliphatic rings. The van der Waals surface area contributed by atoms with Gasteiger partial charge in [0.15, 0.2) is 0 Å². The predicted octanol–water partition coefficient (Wildman–Crippen LogP) is 5.05. The van der Waals surface area contributed by atoms with E-state index in [0.717, 1.165) is 22.0 Å². The molecule has 6 nitrogen and oxygen atoms in total. The summed E-state index contributed by atoms with van der Waals surface area (Å²) in [4.78, 5) is 31.3. The molecular formula is C29H30N2O4. The van der Waals surface area contributed by atoms with Gasteiger partial charge in [0.1, 0.15) is 11.5 Å². The summed E-state index contributed by atoms with van der Waals surface area (Å²) < 4.78 is 10.7. The number of aryl methyl sites for hydroxylation is 2. The van der Waals surface area contributed by atoms with Gasteiger partial charge in [0.05, 0.1) is 20.8 Å². The summed E-state index contributed by atoms with van der Waals surface area (Å²) in [6, 6.07) is 21.0. The van der Waals surface area contributed by atoms with Crippen LogP contribution in [0.25, 0.3) is 10.9 Å². The molecule has 0 atom stereocenters. The molecule has 4 rings (SSSR count). The van der Waals surface area contributed by atoms with Crippen LogP contribution < -0.4 is 15.0 Å². The zero-order chi connectivity index (χ0) is 24.9. The molecule has 0 saturated carbocycles. The zero-order valence-electron chi connectivity index (χ0n) is 20.6. The number of nitrogens with one attached hydrogen (secondary N) is 1. The van der Waals surface area contributed by atoms with Crippen molar-refractivity contribution in [3.8, 4) is 11.5 Å². The van der Waals surface area contributed by atoms with Crippen LogP contribution in [0.3, 0.4) is 0 Å². The number of H-pyrrole nitrogens is 1. The van der Waals surface area contributed by atoms with Crippen molar-refractivity contribution in [2.24, 2.45) is 0 Å². The number of pyridine rings is 1. The molecule has 180 valence electrons. The summed E-state index contributed by atoms with van der Waals surface area (Å²) in [6.45, 7) is 4.68. The number of methoxy groups -OCH3 is 2. The number of amides is 1. The van der Waals surface area contributed by atoms with Gasteiger partial charge in [-0.1, -0.05) is 36.4 Å². The molecule has 0 unspecified atom stereocenters. The van der Waals surface area contributed by atoms with E-state index in [4.69, 9.17) is 9.47 Å². The van der Waals surface area contributed by atoms with Crippen molar-refractivity contribution in [1.29, 1.82) is 0 Å². The summed E-state index contributed by atoms with van der Waals surface area (Å²) >= 11 is 0. The average molecular weight is 471 g/mol. The zero-order valence-corrected chi connectivity index (χ0v) is 20.6. The van der Waals surface area contributed by atoms with Crippen LogP contribution in [-0.4, -0.2) is 36.6 Å². The van der Waals surface area contributed by atoms with Gasteiger partial charge in [-0.25, -0.2) is 0 Å². The number of aromatic amines is 1. The van der Waals surface area contributed by atoms with Crippen molar-refractivity contribution in [3.05, 3.63) is 105 Å². The van der Waals surface area contributed by atoms with Crippen LogP contribution in [0.4, 0.5) is 0 Å². The first kappa shape index (κ1) is 24.1. The molecule has 1 aromatic heterocycles. The summed E-state index contributed by atoms with van der Waals surface area (Å²) in [6.07, 6.45) is 0.671. The van der Waals surface area contributed by atoms with Crippen molar-refractivity contribution in [1.82, 2.24) is 9.88 Å². The highest BCUT2D eigenvalue weighted by molar-refractivity contribution is 5.95. The SMILES string of the molecule is COc1cc(OC)cc(C(=O)N(CCc2ccccc2C)Cc2cc3ccc(C)cc3[nH]c2=O)c1. The Morgan fingerprint density at radius 3 is 2.29 bits per heavy atom. The second kappa shape index (κ2) is 10.5. The first-order valence-electron chi connectivity index (χ1n) is 11.6. The number of fused-ring (bicyclic) bond motifs is 1. The van der Waals surface area contributed by atoms with E-state index in [1.165, 1.54) is 5.56 Å². The molecule has 0 saturated heterocycles. The van der Waals surface area contributed by atoms with Gasteiger partial charge >= 0.3 is 0 Å². The predicted molar refractivity (Wildman–Crippen MR) is 138 cm³/mol. The molecule has 0 aliphatic heterocycles. The smallest absolute Gasteiger partial charge is 0.254 e. The minimum atomic E-state index is -0.195. The Balaban J connectivity index is 1.70. The lowest BCUT2D eigenvalue weighted by molar-refractivity contribution is 0.0743. The number of aromatic nitrogens is 1. The highest BCUT2D eigenvalue weighted by atomic mass is 16.5. The third-order valence-electron chi connectivity index (χ3n) is 6.24. The van der Waals surface area contributed by atoms with E-state index in [-0.39, 0.29) is 18.0 Å². The Bertz CT molecular complexity index is 1400. The average Bonchev–Trinajstić information content (AvgIpc) is 2.86. The molecule has 35 heavy (non-hydrogen) atoms. The van der Waals surface area contributed by atoms with Gasteiger partial charge in [-0.15, -0.1) is 0 Å². The Morgan fingerprint density at radius 1 is 0.886 bits per heavy atom. The summed E-state index contributed by atoms with van der Waals surface area (Å²) in [7, 11) is 3.10. The van der Waals surface area contributed by atoms with Gasteiger partial charge in [-0.2, -0.15) is 0 Å². The lowest BCUT2D eigenvalue weighted by atomic mass is 10.0. The molecule has 0 radical (unpaired) electrons. The van der Waals surface area contributed by atoms with Gasteiger partial charge in [0, 0.05) is 29.3 Å². The third kappa shape index (κ3) is 5.54. The highest BCUT2D eigenvalue weighted by Crippen LogP contribution is 2.24. The highest BCUT2D eigenvalue weighted by Gasteiger charge is 2.20. The van der Waals surface area contributed by atoms with Crippen molar-refractivity contribution < 1.29 is 14.3 Å². The molecule has 3 aromatic carbocycles. The number of benzene rings is 3. The Hall–Kier alpha value is -4.06. The topological polar surface area (TPSA) is 71.6 Å². The number of carbonyl (C=O) groups excluding carboxylic acids is 1. The van der Waals surface area contributed by atoms with E-state index < -0.39 is 0 Å². The van der Waals surface area contributed by atoms with Gasteiger partial charge in [0.25, 0.3) is 11.5 Å². The quantitative estimate of drug-likeness (QED) is 0.391. The second-order valence-electron chi connectivity index (χ2n) is 8.72. The number of carbonyl (C=O) groups is 1. The maximum Gasteiger partial charge on any atom is 0.254 e. The van der Waals surface area contributed by atoms with E-state index in [1.807, 2.05) is 43.3 Å². The lowest BCUT2D eigenvalue weighted by Gasteiger charge is -2.24. The lowest BCUT2D eigenvalue weighted by Crippen LogP contribution is -2.34. The molecule has 1 heterocycles. The Morgan fingerprint density at radius 2 is 1.60 bits per heavy atom. The van der Waals surface area contributed by atoms with Gasteiger partial charge < -0.3 is 19.4 Å². The van der Waals surface area contributed by atoms with Crippen molar-refractivity contribution in [2.75, 3.05) is 20.8 Å².